The highest BCUT2D eigenvalue weighted by molar-refractivity contribution is 7.99. The zero-order chi connectivity index (χ0) is 17.4. The van der Waals surface area contributed by atoms with Crippen molar-refractivity contribution in [2.45, 2.75) is 32.3 Å². The van der Waals surface area contributed by atoms with Crippen molar-refractivity contribution in [1.82, 2.24) is 9.97 Å². The normalized spacial score (nSPS) is 10.8. The van der Waals surface area contributed by atoms with Crippen LogP contribution in [-0.4, -0.2) is 34.8 Å². The number of aromatic nitrogens is 2. The summed E-state index contributed by atoms with van der Waals surface area (Å²) < 4.78 is 10.3. The van der Waals surface area contributed by atoms with Gasteiger partial charge in [0.05, 0.1) is 18.6 Å². The SMILES string of the molecule is CCOC(=O)CSc1ncc(Cc2ccco2)c(NCC(C)C)n1. The maximum Gasteiger partial charge on any atom is 0.316 e. The topological polar surface area (TPSA) is 77.2 Å². The number of hydrogen-bond acceptors (Lipinski definition) is 7. The van der Waals surface area contributed by atoms with E-state index in [1.165, 1.54) is 11.8 Å². The van der Waals surface area contributed by atoms with Gasteiger partial charge in [0, 0.05) is 24.7 Å². The van der Waals surface area contributed by atoms with Crippen LogP contribution >= 0.6 is 11.8 Å². The molecule has 0 aliphatic rings. The number of ether oxygens (including phenoxy) is 1. The third-order valence-corrected chi connectivity index (χ3v) is 3.92. The molecule has 0 aromatic carbocycles. The quantitative estimate of drug-likeness (QED) is 0.422. The second-order valence-corrected chi connectivity index (χ2v) is 6.59. The van der Waals surface area contributed by atoms with E-state index in [1.54, 1.807) is 19.4 Å². The average Bonchev–Trinajstić information content (AvgIpc) is 3.05. The van der Waals surface area contributed by atoms with Gasteiger partial charge in [-0.3, -0.25) is 4.79 Å². The van der Waals surface area contributed by atoms with Gasteiger partial charge in [-0.1, -0.05) is 25.6 Å². The van der Waals surface area contributed by atoms with E-state index in [-0.39, 0.29) is 11.7 Å². The van der Waals surface area contributed by atoms with E-state index in [0.29, 0.717) is 24.1 Å². The summed E-state index contributed by atoms with van der Waals surface area (Å²) in [6.45, 7) is 7.25. The van der Waals surface area contributed by atoms with Crippen LogP contribution in [0, 0.1) is 5.92 Å². The molecule has 0 bridgehead atoms. The first-order chi connectivity index (χ1) is 11.6. The van der Waals surface area contributed by atoms with Gasteiger partial charge in [0.1, 0.15) is 11.6 Å². The van der Waals surface area contributed by atoms with Gasteiger partial charge < -0.3 is 14.5 Å². The summed E-state index contributed by atoms with van der Waals surface area (Å²) in [5.74, 6) is 2.07. The van der Waals surface area contributed by atoms with Gasteiger partial charge in [0.25, 0.3) is 0 Å². The fourth-order valence-electron chi connectivity index (χ4n) is 1.97. The fraction of sp³-hybridized carbons (Fsp3) is 0.471. The van der Waals surface area contributed by atoms with Crippen LogP contribution < -0.4 is 5.32 Å². The van der Waals surface area contributed by atoms with Gasteiger partial charge in [-0.15, -0.1) is 0 Å². The van der Waals surface area contributed by atoms with Crippen LogP contribution in [0.4, 0.5) is 5.82 Å². The Kier molecular flexibility index (Phi) is 7.11. The standard InChI is InChI=1S/C17H23N3O3S/c1-4-22-15(21)11-24-17-19-10-13(8-14-6-5-7-23-14)16(20-17)18-9-12(2)3/h5-7,10,12H,4,8-9,11H2,1-3H3,(H,18,19,20). The molecule has 0 aliphatic heterocycles. The minimum absolute atomic E-state index is 0.203. The van der Waals surface area contributed by atoms with E-state index in [9.17, 15) is 4.79 Å². The average molecular weight is 349 g/mol. The van der Waals surface area contributed by atoms with E-state index in [1.807, 2.05) is 12.1 Å². The summed E-state index contributed by atoms with van der Waals surface area (Å²) in [7, 11) is 0. The van der Waals surface area contributed by atoms with E-state index in [0.717, 1.165) is 23.7 Å². The van der Waals surface area contributed by atoms with Gasteiger partial charge in [0.15, 0.2) is 5.16 Å². The lowest BCUT2D eigenvalue weighted by atomic mass is 10.1. The van der Waals surface area contributed by atoms with Gasteiger partial charge >= 0.3 is 5.97 Å². The molecule has 1 N–H and O–H groups in total. The number of carbonyl (C=O) groups is 1. The fourth-order valence-corrected chi connectivity index (χ4v) is 2.58. The Morgan fingerprint density at radius 3 is 2.96 bits per heavy atom. The monoisotopic (exact) mass is 349 g/mol. The molecule has 2 aromatic heterocycles. The Balaban J connectivity index is 2.10. The molecule has 0 fully saturated rings. The highest BCUT2D eigenvalue weighted by atomic mass is 32.2. The van der Waals surface area contributed by atoms with Gasteiger partial charge in [0.2, 0.25) is 0 Å². The predicted octanol–water partition coefficient (Wildman–Crippen LogP) is 3.38. The second kappa shape index (κ2) is 9.32. The highest BCUT2D eigenvalue weighted by Crippen LogP contribution is 2.21. The largest absolute Gasteiger partial charge is 0.469 e. The molecule has 0 saturated carbocycles. The van der Waals surface area contributed by atoms with E-state index in [4.69, 9.17) is 9.15 Å². The Bertz CT molecular complexity index is 645. The number of esters is 1. The van der Waals surface area contributed by atoms with Gasteiger partial charge in [-0.2, -0.15) is 0 Å². The number of furan rings is 1. The molecule has 0 radical (unpaired) electrons. The lowest BCUT2D eigenvalue weighted by Gasteiger charge is -2.13. The Labute approximate surface area is 146 Å². The number of rotatable bonds is 9. The van der Waals surface area contributed by atoms with Crippen molar-refractivity contribution in [3.63, 3.8) is 0 Å². The summed E-state index contributed by atoms with van der Waals surface area (Å²) in [6.07, 6.45) is 4.06. The molecule has 2 heterocycles. The van der Waals surface area contributed by atoms with Crippen molar-refractivity contribution >= 4 is 23.5 Å². The minimum Gasteiger partial charge on any atom is -0.469 e. The van der Waals surface area contributed by atoms with Gasteiger partial charge in [-0.05, 0) is 25.0 Å². The lowest BCUT2D eigenvalue weighted by molar-refractivity contribution is -0.139. The molecule has 0 spiro atoms. The Morgan fingerprint density at radius 2 is 2.29 bits per heavy atom. The number of anilines is 1. The van der Waals surface area contributed by atoms with Crippen molar-refractivity contribution in [2.24, 2.45) is 5.92 Å². The summed E-state index contributed by atoms with van der Waals surface area (Å²) in [4.78, 5) is 20.4. The van der Waals surface area contributed by atoms with Crippen molar-refractivity contribution in [1.29, 1.82) is 0 Å². The number of nitrogens with one attached hydrogen (secondary N) is 1. The van der Waals surface area contributed by atoms with Crippen molar-refractivity contribution in [2.75, 3.05) is 24.2 Å². The third-order valence-electron chi connectivity index (χ3n) is 3.09. The van der Waals surface area contributed by atoms with E-state index < -0.39 is 0 Å². The van der Waals surface area contributed by atoms with Crippen LogP contribution in [0.3, 0.4) is 0 Å². The zero-order valence-corrected chi connectivity index (χ0v) is 15.1. The molecule has 0 amide bonds. The summed E-state index contributed by atoms with van der Waals surface area (Å²) in [6, 6.07) is 3.79. The number of nitrogens with zero attached hydrogens (tertiary/aromatic N) is 2. The number of hydrogen-bond donors (Lipinski definition) is 1. The van der Waals surface area contributed by atoms with E-state index in [2.05, 4.69) is 29.1 Å². The molecule has 0 atom stereocenters. The minimum atomic E-state index is -0.262. The maximum atomic E-state index is 11.5. The van der Waals surface area contributed by atoms with Crippen molar-refractivity contribution < 1.29 is 13.9 Å². The van der Waals surface area contributed by atoms with Crippen LogP contribution in [0.1, 0.15) is 32.1 Å². The number of thioether (sulfide) groups is 1. The second-order valence-electron chi connectivity index (χ2n) is 5.65. The molecular weight excluding hydrogens is 326 g/mol. The molecule has 2 aromatic rings. The molecule has 7 heteroatoms. The van der Waals surface area contributed by atoms with Crippen LogP contribution in [0.25, 0.3) is 0 Å². The molecule has 2 rings (SSSR count). The van der Waals surface area contributed by atoms with Crippen molar-refractivity contribution in [3.8, 4) is 0 Å². The first kappa shape index (κ1) is 18.3. The predicted molar refractivity (Wildman–Crippen MR) is 94.2 cm³/mol. The summed E-state index contributed by atoms with van der Waals surface area (Å²) in [5.41, 5.74) is 0.964. The molecule has 6 nitrogen and oxygen atoms in total. The zero-order valence-electron chi connectivity index (χ0n) is 14.2. The Hall–Kier alpha value is -2.02. The number of carbonyl (C=O) groups excluding carboxylic acids is 1. The highest BCUT2D eigenvalue weighted by Gasteiger charge is 2.12. The molecule has 24 heavy (non-hydrogen) atoms. The smallest absolute Gasteiger partial charge is 0.316 e. The molecule has 0 saturated heterocycles. The third kappa shape index (κ3) is 5.88. The summed E-state index contributed by atoms with van der Waals surface area (Å²) >= 11 is 1.27. The van der Waals surface area contributed by atoms with Crippen LogP contribution in [0.5, 0.6) is 0 Å². The lowest BCUT2D eigenvalue weighted by Crippen LogP contribution is -2.13. The van der Waals surface area contributed by atoms with Gasteiger partial charge in [-0.25, -0.2) is 9.97 Å². The van der Waals surface area contributed by atoms with Crippen LogP contribution in [0.2, 0.25) is 0 Å². The summed E-state index contributed by atoms with van der Waals surface area (Å²) in [5, 5.41) is 3.91. The van der Waals surface area contributed by atoms with Crippen molar-refractivity contribution in [3.05, 3.63) is 35.9 Å². The van der Waals surface area contributed by atoms with E-state index >= 15 is 0 Å². The molecule has 0 unspecified atom stereocenters. The van der Waals surface area contributed by atoms with Crippen LogP contribution in [-0.2, 0) is 16.0 Å². The maximum absolute atomic E-state index is 11.5. The molecule has 130 valence electrons. The first-order valence-electron chi connectivity index (χ1n) is 7.99. The molecular formula is C17H23N3O3S. The van der Waals surface area contributed by atoms with Crippen LogP contribution in [0.15, 0.2) is 34.2 Å². The first-order valence-corrected chi connectivity index (χ1v) is 8.97. The Morgan fingerprint density at radius 1 is 1.46 bits per heavy atom. The molecule has 0 aliphatic carbocycles.